The van der Waals surface area contributed by atoms with Crippen LogP contribution in [0.2, 0.25) is 0 Å². The molecule has 0 saturated heterocycles. The summed E-state index contributed by atoms with van der Waals surface area (Å²) in [4.78, 5) is 3.64. The van der Waals surface area contributed by atoms with Crippen LogP contribution in [0.3, 0.4) is 0 Å². The molecule has 6 aromatic rings. The Morgan fingerprint density at radius 3 is 2.07 bits per heavy atom. The zero-order chi connectivity index (χ0) is 27.4. The molecule has 4 heteroatoms. The molecule has 194 valence electrons. The normalized spacial score (nSPS) is 15.1. The Kier molecular flexibility index (Phi) is 5.51. The molecule has 0 saturated carbocycles. The van der Waals surface area contributed by atoms with Gasteiger partial charge in [-0.15, -0.1) is 0 Å². The number of fused-ring (bicyclic) bond motifs is 8. The number of rotatable bonds is 2. The first-order chi connectivity index (χ1) is 19.2. The average Bonchev–Trinajstić information content (AvgIpc) is 3.56. The van der Waals surface area contributed by atoms with Crippen LogP contribution in [0, 0.1) is 0 Å². The Balaban J connectivity index is 0.00000276. The summed E-state index contributed by atoms with van der Waals surface area (Å²) in [7, 11) is 0. The minimum Gasteiger partial charge on any atom is -0.872 e. The molecular formula is C37H29BeNOS+2. The van der Waals surface area contributed by atoms with Crippen LogP contribution in [0.25, 0.3) is 54.2 Å². The zero-order valence-electron chi connectivity index (χ0n) is 23.8. The van der Waals surface area contributed by atoms with Crippen molar-refractivity contribution in [2.24, 2.45) is 0 Å². The van der Waals surface area contributed by atoms with E-state index >= 15 is 0 Å². The Morgan fingerprint density at radius 1 is 0.585 bits per heavy atom. The van der Waals surface area contributed by atoms with E-state index in [0.717, 1.165) is 21.7 Å². The Hall–Kier alpha value is -4.04. The van der Waals surface area contributed by atoms with E-state index in [1.54, 1.807) is 11.3 Å². The maximum Gasteiger partial charge on any atom is 2.00 e. The van der Waals surface area contributed by atoms with E-state index in [-0.39, 0.29) is 26.7 Å². The third-order valence-electron chi connectivity index (χ3n) is 9.25. The van der Waals surface area contributed by atoms with Gasteiger partial charge in [0.15, 0.2) is 0 Å². The standard InChI is InChI=1S/C37H29NOS.Be/c1-36(2)28-13-9-8-12-23(28)26-19-27(32(39)20-30(26)36)35-38-31-17-16-25-24-15-14-22(21-10-6-5-7-11-21)18-29(24)37(3,4)33(25)34(31)40-35;/h5-20,39H,1-4H3;/q;+2. The van der Waals surface area contributed by atoms with Gasteiger partial charge in [-0.3, -0.25) is 0 Å². The molecule has 0 aliphatic heterocycles. The average molecular weight is 545 g/mol. The largest absolute Gasteiger partial charge is 2.00 e. The number of H-pyrrole nitrogens is 1. The summed E-state index contributed by atoms with van der Waals surface area (Å²) in [6, 6.07) is 34.5. The number of nitrogens with one attached hydrogen (secondary N) is 1. The van der Waals surface area contributed by atoms with Crippen LogP contribution in [-0.2, 0) is 10.8 Å². The van der Waals surface area contributed by atoms with Gasteiger partial charge < -0.3 is 5.11 Å². The summed E-state index contributed by atoms with van der Waals surface area (Å²) in [6.07, 6.45) is 0. The van der Waals surface area contributed by atoms with E-state index < -0.39 is 0 Å². The molecule has 2 aliphatic carbocycles. The van der Waals surface area contributed by atoms with E-state index in [2.05, 4.69) is 124 Å². The quantitative estimate of drug-likeness (QED) is 0.202. The molecule has 0 atom stereocenters. The van der Waals surface area contributed by atoms with Crippen molar-refractivity contribution in [3.05, 3.63) is 119 Å². The van der Waals surface area contributed by atoms with Gasteiger partial charge in [0, 0.05) is 16.9 Å². The van der Waals surface area contributed by atoms with Crippen molar-refractivity contribution in [1.82, 2.24) is 0 Å². The summed E-state index contributed by atoms with van der Waals surface area (Å²) in [6.45, 7) is 9.10. The predicted octanol–water partition coefficient (Wildman–Crippen LogP) is 8.35. The number of hydrogen-bond donors (Lipinski definition) is 0. The van der Waals surface area contributed by atoms with Crippen LogP contribution in [-0.4, -0.2) is 10.1 Å². The monoisotopic (exact) mass is 544 g/mol. The van der Waals surface area contributed by atoms with Crippen molar-refractivity contribution in [3.8, 4) is 49.7 Å². The minimum absolute atomic E-state index is 0. The molecule has 0 fully saturated rings. The fourth-order valence-electron chi connectivity index (χ4n) is 7.15. The van der Waals surface area contributed by atoms with E-state index in [1.165, 1.54) is 54.8 Å². The van der Waals surface area contributed by atoms with Crippen molar-refractivity contribution in [1.29, 1.82) is 0 Å². The molecule has 0 bridgehead atoms. The van der Waals surface area contributed by atoms with E-state index in [9.17, 15) is 5.11 Å². The second-order valence-corrected chi connectivity index (χ2v) is 13.3. The number of aromatic amines is 1. The second kappa shape index (κ2) is 8.73. The van der Waals surface area contributed by atoms with E-state index in [0.29, 0.717) is 0 Å². The van der Waals surface area contributed by atoms with Crippen molar-refractivity contribution >= 4 is 31.7 Å². The number of hydrogen-bond acceptors (Lipinski definition) is 2. The minimum atomic E-state index is -0.178. The molecule has 0 spiro atoms. The van der Waals surface area contributed by atoms with Crippen LogP contribution >= 0.6 is 11.3 Å². The Labute approximate surface area is 248 Å². The van der Waals surface area contributed by atoms with Gasteiger partial charge in [-0.05, 0) is 73.8 Å². The first kappa shape index (κ1) is 25.9. The molecule has 2 aliphatic rings. The summed E-state index contributed by atoms with van der Waals surface area (Å²) >= 11 is 1.71. The van der Waals surface area contributed by atoms with Crippen LogP contribution in [0.4, 0.5) is 0 Å². The van der Waals surface area contributed by atoms with Gasteiger partial charge in [0.1, 0.15) is 4.70 Å². The number of thiazole rings is 1. The Bertz CT molecular complexity index is 2020. The molecule has 2 nitrogen and oxygen atoms in total. The summed E-state index contributed by atoms with van der Waals surface area (Å²) in [5.74, 6) is 0.0779. The summed E-state index contributed by atoms with van der Waals surface area (Å²) < 4.78 is 1.23. The topological polar surface area (TPSA) is 37.2 Å². The van der Waals surface area contributed by atoms with Gasteiger partial charge in [0.05, 0.1) is 5.56 Å². The van der Waals surface area contributed by atoms with Gasteiger partial charge in [0.2, 0.25) is 5.52 Å². The van der Waals surface area contributed by atoms with Gasteiger partial charge >= 0.3 is 10.1 Å². The van der Waals surface area contributed by atoms with Crippen molar-refractivity contribution < 1.29 is 10.1 Å². The molecule has 8 rings (SSSR count). The van der Waals surface area contributed by atoms with E-state index in [1.807, 2.05) is 6.07 Å². The van der Waals surface area contributed by atoms with Crippen molar-refractivity contribution in [3.63, 3.8) is 0 Å². The van der Waals surface area contributed by atoms with Crippen LogP contribution in [0.5, 0.6) is 5.75 Å². The van der Waals surface area contributed by atoms with Crippen LogP contribution in [0.1, 0.15) is 49.9 Å². The van der Waals surface area contributed by atoms with Crippen LogP contribution in [0.15, 0.2) is 97.1 Å². The smallest absolute Gasteiger partial charge is 0.872 e. The van der Waals surface area contributed by atoms with Gasteiger partial charge in [0.25, 0.3) is 5.01 Å². The summed E-state index contributed by atoms with van der Waals surface area (Å²) in [5, 5.41) is 14.5. The fourth-order valence-corrected chi connectivity index (χ4v) is 8.48. The molecule has 0 unspecified atom stereocenters. The first-order valence-corrected chi connectivity index (χ1v) is 14.7. The molecule has 1 aromatic heterocycles. The fraction of sp³-hybridized carbons (Fsp3) is 0.162. The zero-order valence-corrected chi connectivity index (χ0v) is 24.6. The Morgan fingerprint density at radius 2 is 1.27 bits per heavy atom. The molecule has 1 heterocycles. The third-order valence-corrected chi connectivity index (χ3v) is 10.4. The number of aromatic nitrogens is 1. The molecule has 0 amide bonds. The number of benzene rings is 5. The van der Waals surface area contributed by atoms with Gasteiger partial charge in [-0.25, -0.2) is 0 Å². The van der Waals surface area contributed by atoms with Crippen molar-refractivity contribution in [2.75, 3.05) is 0 Å². The second-order valence-electron chi connectivity index (χ2n) is 12.2. The van der Waals surface area contributed by atoms with Crippen LogP contribution < -0.4 is 10.1 Å². The van der Waals surface area contributed by atoms with Gasteiger partial charge in [-0.2, -0.15) is 4.98 Å². The first-order valence-electron chi connectivity index (χ1n) is 13.9. The molecule has 1 N–H and O–H groups in total. The predicted molar refractivity (Wildman–Crippen MR) is 170 cm³/mol. The van der Waals surface area contributed by atoms with Crippen molar-refractivity contribution in [2.45, 2.75) is 38.5 Å². The molecular weight excluding hydrogens is 515 g/mol. The SMILES string of the molecule is CC1(C)c2ccccc2-c2cc(-c3[nH+]c4ccc5c(c4s3)C(C)(C)c3cc(-c4ccccc4)ccc3-5)c([O-])cc21.[Be+2]. The third kappa shape index (κ3) is 3.49. The molecule has 41 heavy (non-hydrogen) atoms. The van der Waals surface area contributed by atoms with E-state index in [4.69, 9.17) is 0 Å². The van der Waals surface area contributed by atoms with Gasteiger partial charge in [-0.1, -0.05) is 118 Å². The molecule has 0 radical (unpaired) electrons. The maximum absolute atomic E-state index is 13.6. The molecule has 5 aromatic carbocycles. The maximum atomic E-state index is 13.6. The summed E-state index contributed by atoms with van der Waals surface area (Å²) in [5.41, 5.74) is 14.1.